The van der Waals surface area contributed by atoms with Crippen molar-refractivity contribution in [3.05, 3.63) is 0 Å². The van der Waals surface area contributed by atoms with E-state index in [1.807, 2.05) is 0 Å². The van der Waals surface area contributed by atoms with Gasteiger partial charge in [-0.15, -0.1) is 37.2 Å². The third kappa shape index (κ3) is 14.6. The van der Waals surface area contributed by atoms with Crippen molar-refractivity contribution in [3.63, 3.8) is 0 Å². The first kappa shape index (κ1) is 29.7. The minimum absolute atomic E-state index is 0. The number of nitrogens with one attached hydrogen (secondary N) is 1. The summed E-state index contributed by atoms with van der Waals surface area (Å²) in [5.74, 6) is -1.46. The molecule has 0 unspecified atom stereocenters. The summed E-state index contributed by atoms with van der Waals surface area (Å²) >= 11 is 0. The van der Waals surface area contributed by atoms with Gasteiger partial charge in [0.25, 0.3) is 0 Å². The van der Waals surface area contributed by atoms with Gasteiger partial charge in [0.15, 0.2) is 0 Å². The zero-order valence-corrected chi connectivity index (χ0v) is 15.0. The molecular formula is C12H29Cl3N4O3. The molecule has 0 aliphatic rings. The first-order valence-corrected chi connectivity index (χ1v) is 6.71. The molecule has 22 heavy (non-hydrogen) atoms. The number of carbonyl (C=O) groups excluding carboxylic acids is 1. The van der Waals surface area contributed by atoms with Crippen LogP contribution >= 0.6 is 37.2 Å². The molecule has 0 fully saturated rings. The molecule has 0 aliphatic carbocycles. The number of halogens is 3. The summed E-state index contributed by atoms with van der Waals surface area (Å²) in [5.41, 5.74) is 16.4. The van der Waals surface area contributed by atoms with Crippen LogP contribution in [-0.4, -0.2) is 42.2 Å². The lowest BCUT2D eigenvalue weighted by molar-refractivity contribution is -0.142. The standard InChI is InChI=1S/C12H26N4O3.3ClH/c13-7-3-1-5-9(15)11(17)16-10(12(18)19)6-2-4-8-14;;;/h9-10H,1-8,13-15H2,(H,16,17)(H,18,19);3*1H/t9-,10-;;;/m1.../s1. The molecule has 10 heteroatoms. The SMILES string of the molecule is Cl.Cl.Cl.NCCCC[C@@H](N)C(=O)N[C@H](CCCCN)C(=O)O. The second-order valence-corrected chi connectivity index (χ2v) is 4.57. The fourth-order valence-electron chi connectivity index (χ4n) is 1.67. The summed E-state index contributed by atoms with van der Waals surface area (Å²) in [4.78, 5) is 22.7. The predicted molar refractivity (Wildman–Crippen MR) is 95.1 cm³/mol. The number of unbranched alkanes of at least 4 members (excludes halogenated alkanes) is 2. The van der Waals surface area contributed by atoms with Crippen molar-refractivity contribution in [2.24, 2.45) is 17.2 Å². The number of nitrogens with two attached hydrogens (primary N) is 3. The zero-order chi connectivity index (χ0) is 14.7. The summed E-state index contributed by atoms with van der Waals surface area (Å²) in [7, 11) is 0. The Labute approximate surface area is 150 Å². The minimum Gasteiger partial charge on any atom is -0.480 e. The Morgan fingerprint density at radius 1 is 0.909 bits per heavy atom. The number of hydrogen-bond acceptors (Lipinski definition) is 5. The van der Waals surface area contributed by atoms with Gasteiger partial charge in [0, 0.05) is 0 Å². The zero-order valence-electron chi connectivity index (χ0n) is 12.5. The van der Waals surface area contributed by atoms with Crippen LogP contribution in [0.3, 0.4) is 0 Å². The molecule has 0 radical (unpaired) electrons. The van der Waals surface area contributed by atoms with Crippen LogP contribution in [0.25, 0.3) is 0 Å². The quantitative estimate of drug-likeness (QED) is 0.327. The van der Waals surface area contributed by atoms with E-state index in [2.05, 4.69) is 5.32 Å². The lowest BCUT2D eigenvalue weighted by atomic mass is 10.1. The van der Waals surface area contributed by atoms with Gasteiger partial charge in [0.1, 0.15) is 6.04 Å². The number of aliphatic carboxylic acids is 1. The minimum atomic E-state index is -1.04. The number of rotatable bonds is 11. The van der Waals surface area contributed by atoms with E-state index in [-0.39, 0.29) is 37.2 Å². The Kier molecular flexibility index (Phi) is 25.3. The smallest absolute Gasteiger partial charge is 0.326 e. The molecule has 0 bridgehead atoms. The Balaban J connectivity index is -0.000000540. The van der Waals surface area contributed by atoms with Gasteiger partial charge < -0.3 is 27.6 Å². The van der Waals surface area contributed by atoms with Gasteiger partial charge in [0.2, 0.25) is 5.91 Å². The average molecular weight is 384 g/mol. The summed E-state index contributed by atoms with van der Waals surface area (Å²) in [6.07, 6.45) is 3.85. The molecule has 1 amide bonds. The lowest BCUT2D eigenvalue weighted by Gasteiger charge is -2.17. The molecule has 2 atom stereocenters. The van der Waals surface area contributed by atoms with E-state index in [0.29, 0.717) is 32.4 Å². The maximum Gasteiger partial charge on any atom is 0.326 e. The van der Waals surface area contributed by atoms with E-state index in [4.69, 9.17) is 22.3 Å². The van der Waals surface area contributed by atoms with Crippen molar-refractivity contribution >= 4 is 49.1 Å². The van der Waals surface area contributed by atoms with Crippen molar-refractivity contribution in [2.45, 2.75) is 50.6 Å². The molecule has 7 nitrogen and oxygen atoms in total. The molecule has 0 spiro atoms. The van der Waals surface area contributed by atoms with Crippen molar-refractivity contribution in [1.82, 2.24) is 5.32 Å². The number of carbonyl (C=O) groups is 2. The number of carboxylic acid groups (broad SMARTS) is 1. The lowest BCUT2D eigenvalue weighted by Crippen LogP contribution is -2.48. The first-order valence-electron chi connectivity index (χ1n) is 6.71. The van der Waals surface area contributed by atoms with E-state index in [9.17, 15) is 9.59 Å². The van der Waals surface area contributed by atoms with E-state index >= 15 is 0 Å². The molecule has 0 aliphatic heterocycles. The van der Waals surface area contributed by atoms with Gasteiger partial charge >= 0.3 is 5.97 Å². The summed E-state index contributed by atoms with van der Waals surface area (Å²) in [6, 6.07) is -1.57. The van der Waals surface area contributed by atoms with Crippen molar-refractivity contribution in [2.75, 3.05) is 13.1 Å². The summed E-state index contributed by atoms with van der Waals surface area (Å²) in [5, 5.41) is 11.5. The molecule has 0 rings (SSSR count). The molecule has 0 aromatic carbocycles. The third-order valence-electron chi connectivity index (χ3n) is 2.87. The number of carboxylic acids is 1. The summed E-state index contributed by atoms with van der Waals surface area (Å²) < 4.78 is 0. The van der Waals surface area contributed by atoms with Crippen LogP contribution in [0.2, 0.25) is 0 Å². The van der Waals surface area contributed by atoms with Crippen LogP contribution < -0.4 is 22.5 Å². The van der Waals surface area contributed by atoms with Gasteiger partial charge in [-0.25, -0.2) is 4.79 Å². The van der Waals surface area contributed by atoms with E-state index in [1.54, 1.807) is 0 Å². The highest BCUT2D eigenvalue weighted by Gasteiger charge is 2.22. The molecule has 0 aromatic rings. The van der Waals surface area contributed by atoms with E-state index in [1.165, 1.54) is 0 Å². The third-order valence-corrected chi connectivity index (χ3v) is 2.87. The van der Waals surface area contributed by atoms with Crippen molar-refractivity contribution in [3.8, 4) is 0 Å². The molecule has 8 N–H and O–H groups in total. The fraction of sp³-hybridized carbons (Fsp3) is 0.833. The highest BCUT2D eigenvalue weighted by molar-refractivity contribution is 5.86. The Morgan fingerprint density at radius 2 is 1.36 bits per heavy atom. The van der Waals surface area contributed by atoms with Gasteiger partial charge in [-0.1, -0.05) is 6.42 Å². The van der Waals surface area contributed by atoms with Gasteiger partial charge in [0.05, 0.1) is 6.04 Å². The molecule has 0 saturated heterocycles. The summed E-state index contributed by atoms with van der Waals surface area (Å²) in [6.45, 7) is 1.07. The van der Waals surface area contributed by atoms with E-state index < -0.39 is 24.0 Å². The van der Waals surface area contributed by atoms with Crippen LogP contribution in [0.1, 0.15) is 38.5 Å². The average Bonchev–Trinajstić information content (AvgIpc) is 2.37. The number of amides is 1. The predicted octanol–water partition coefficient (Wildman–Crippen LogP) is 0.407. The monoisotopic (exact) mass is 382 g/mol. The van der Waals surface area contributed by atoms with Crippen LogP contribution in [0, 0.1) is 0 Å². The van der Waals surface area contributed by atoms with Crippen molar-refractivity contribution in [1.29, 1.82) is 0 Å². The maximum absolute atomic E-state index is 11.7. The first-order chi connectivity index (χ1) is 9.02. The maximum atomic E-state index is 11.7. The Hall–Kier alpha value is -0.310. The van der Waals surface area contributed by atoms with Crippen LogP contribution in [0.5, 0.6) is 0 Å². The van der Waals surface area contributed by atoms with Gasteiger partial charge in [-0.3, -0.25) is 4.79 Å². The molecule has 136 valence electrons. The second-order valence-electron chi connectivity index (χ2n) is 4.57. The molecule has 0 aromatic heterocycles. The van der Waals surface area contributed by atoms with Crippen LogP contribution in [0.4, 0.5) is 0 Å². The van der Waals surface area contributed by atoms with Crippen LogP contribution in [0.15, 0.2) is 0 Å². The molecule has 0 saturated carbocycles. The topological polar surface area (TPSA) is 144 Å². The molecule has 0 heterocycles. The molecular weight excluding hydrogens is 355 g/mol. The Morgan fingerprint density at radius 3 is 1.77 bits per heavy atom. The second kappa shape index (κ2) is 18.7. The Bertz CT molecular complexity index is 286. The highest BCUT2D eigenvalue weighted by Crippen LogP contribution is 2.03. The van der Waals surface area contributed by atoms with E-state index in [0.717, 1.165) is 19.3 Å². The normalized spacial score (nSPS) is 12.0. The van der Waals surface area contributed by atoms with Crippen LogP contribution in [-0.2, 0) is 9.59 Å². The van der Waals surface area contributed by atoms with Gasteiger partial charge in [-0.05, 0) is 45.2 Å². The number of hydrogen-bond donors (Lipinski definition) is 5. The fourth-order valence-corrected chi connectivity index (χ4v) is 1.67. The highest BCUT2D eigenvalue weighted by atomic mass is 35.5. The largest absolute Gasteiger partial charge is 0.480 e. The van der Waals surface area contributed by atoms with Gasteiger partial charge in [-0.2, -0.15) is 0 Å². The van der Waals surface area contributed by atoms with Crippen molar-refractivity contribution < 1.29 is 14.7 Å².